The Labute approximate surface area is 137 Å². The van der Waals surface area contributed by atoms with Gasteiger partial charge in [0, 0.05) is 24.7 Å². The van der Waals surface area contributed by atoms with Crippen LogP contribution in [0.1, 0.15) is 48.0 Å². The molecule has 0 heterocycles. The first-order chi connectivity index (χ1) is 10.5. The lowest BCUT2D eigenvalue weighted by molar-refractivity contribution is -0.133. The molecule has 0 spiro atoms. The summed E-state index contributed by atoms with van der Waals surface area (Å²) < 4.78 is 27.1. The van der Waals surface area contributed by atoms with Gasteiger partial charge in [0.25, 0.3) is 11.8 Å². The van der Waals surface area contributed by atoms with Crippen LogP contribution in [0.5, 0.6) is 0 Å². The third-order valence-corrected chi connectivity index (χ3v) is 3.58. The predicted molar refractivity (Wildman–Crippen MR) is 88.0 cm³/mol. The summed E-state index contributed by atoms with van der Waals surface area (Å²) in [5, 5.41) is 0. The summed E-state index contributed by atoms with van der Waals surface area (Å²) in [6.07, 6.45) is 1.27. The molecule has 0 aromatic rings. The summed E-state index contributed by atoms with van der Waals surface area (Å²) >= 11 is 0. The van der Waals surface area contributed by atoms with Gasteiger partial charge in [-0.3, -0.25) is 9.59 Å². The Morgan fingerprint density at radius 1 is 1.13 bits per heavy atom. The van der Waals surface area contributed by atoms with E-state index in [1.54, 1.807) is 20.8 Å². The smallest absolute Gasteiger partial charge is 0.282 e. The molecular formula is C17H28F2N2O2. The van der Waals surface area contributed by atoms with Crippen LogP contribution in [0.25, 0.3) is 0 Å². The normalized spacial score (nSPS) is 13.5. The van der Waals surface area contributed by atoms with E-state index in [1.165, 1.54) is 9.80 Å². The van der Waals surface area contributed by atoms with Crippen LogP contribution in [0.3, 0.4) is 0 Å². The first-order valence-electron chi connectivity index (χ1n) is 7.80. The summed E-state index contributed by atoms with van der Waals surface area (Å²) in [5.74, 6) is -3.41. The van der Waals surface area contributed by atoms with E-state index in [4.69, 9.17) is 0 Å². The lowest BCUT2D eigenvalue weighted by Crippen LogP contribution is -2.45. The third kappa shape index (κ3) is 6.12. The van der Waals surface area contributed by atoms with Crippen molar-refractivity contribution in [2.24, 2.45) is 0 Å². The lowest BCUT2D eigenvalue weighted by Gasteiger charge is -2.34. The molecule has 4 nitrogen and oxygen atoms in total. The maximum Gasteiger partial charge on any atom is 0.282 e. The van der Waals surface area contributed by atoms with Crippen molar-refractivity contribution in [3.63, 3.8) is 0 Å². The van der Waals surface area contributed by atoms with Gasteiger partial charge in [-0.2, -0.15) is 0 Å². The van der Waals surface area contributed by atoms with Crippen LogP contribution in [-0.2, 0) is 9.59 Å². The quantitative estimate of drug-likeness (QED) is 0.669. The molecule has 1 unspecified atom stereocenters. The van der Waals surface area contributed by atoms with Crippen LogP contribution >= 0.6 is 0 Å². The standard InChI is InChI=1S/C17H28F2N2O2/c1-8-20(15(22)13(4)18)12(3)10-11-14(19)16(23)21(9-2)17(5,6)7/h11-12H,4,8-10H2,1-3,5-7H3/b14-11-. The Kier molecular flexibility index (Phi) is 8.14. The second-order valence-corrected chi connectivity index (χ2v) is 6.35. The van der Waals surface area contributed by atoms with Gasteiger partial charge in [0.05, 0.1) is 0 Å². The highest BCUT2D eigenvalue weighted by Crippen LogP contribution is 2.18. The van der Waals surface area contributed by atoms with Gasteiger partial charge < -0.3 is 9.80 Å². The Bertz CT molecular complexity index is 481. The number of carbonyl (C=O) groups is 2. The molecule has 0 aliphatic heterocycles. The predicted octanol–water partition coefficient (Wildman–Crippen LogP) is 3.60. The Morgan fingerprint density at radius 3 is 2.00 bits per heavy atom. The average Bonchev–Trinajstić information content (AvgIpc) is 2.44. The number of hydrogen-bond donors (Lipinski definition) is 0. The molecule has 0 saturated heterocycles. The van der Waals surface area contributed by atoms with E-state index in [9.17, 15) is 18.4 Å². The van der Waals surface area contributed by atoms with E-state index >= 15 is 0 Å². The maximum atomic E-state index is 14.1. The molecule has 0 aromatic carbocycles. The molecule has 0 aliphatic carbocycles. The van der Waals surface area contributed by atoms with E-state index in [0.717, 1.165) is 6.08 Å². The third-order valence-electron chi connectivity index (χ3n) is 3.58. The van der Waals surface area contributed by atoms with Crippen molar-refractivity contribution in [3.05, 3.63) is 24.3 Å². The maximum absolute atomic E-state index is 14.1. The second kappa shape index (κ2) is 8.79. The molecule has 0 aliphatic rings. The monoisotopic (exact) mass is 330 g/mol. The second-order valence-electron chi connectivity index (χ2n) is 6.35. The van der Waals surface area contributed by atoms with E-state index in [-0.39, 0.29) is 13.0 Å². The van der Waals surface area contributed by atoms with Gasteiger partial charge in [-0.15, -0.1) is 0 Å². The molecule has 0 bridgehead atoms. The topological polar surface area (TPSA) is 40.6 Å². The van der Waals surface area contributed by atoms with E-state index in [1.807, 2.05) is 20.8 Å². The summed E-state index contributed by atoms with van der Waals surface area (Å²) in [7, 11) is 0. The summed E-state index contributed by atoms with van der Waals surface area (Å²) in [6.45, 7) is 14.3. The van der Waals surface area contributed by atoms with Crippen LogP contribution in [0.15, 0.2) is 24.3 Å². The number of rotatable bonds is 7. The highest BCUT2D eigenvalue weighted by atomic mass is 19.1. The van der Waals surface area contributed by atoms with E-state index in [2.05, 4.69) is 6.58 Å². The van der Waals surface area contributed by atoms with Gasteiger partial charge in [-0.25, -0.2) is 8.78 Å². The van der Waals surface area contributed by atoms with Gasteiger partial charge in [0.15, 0.2) is 11.7 Å². The summed E-state index contributed by atoms with van der Waals surface area (Å²) in [5.41, 5.74) is -0.486. The number of hydrogen-bond acceptors (Lipinski definition) is 2. The van der Waals surface area contributed by atoms with E-state index < -0.39 is 35.0 Å². The minimum Gasteiger partial charge on any atom is -0.334 e. The first-order valence-corrected chi connectivity index (χ1v) is 7.80. The van der Waals surface area contributed by atoms with Crippen molar-refractivity contribution < 1.29 is 18.4 Å². The highest BCUT2D eigenvalue weighted by molar-refractivity contribution is 5.92. The SMILES string of the molecule is C=C(F)C(=O)N(CC)C(C)C/C=C(\F)C(=O)N(CC)C(C)(C)C. The van der Waals surface area contributed by atoms with Crippen molar-refractivity contribution in [3.8, 4) is 0 Å². The molecule has 0 radical (unpaired) electrons. The van der Waals surface area contributed by atoms with Gasteiger partial charge in [0.1, 0.15) is 0 Å². The van der Waals surface area contributed by atoms with Gasteiger partial charge >= 0.3 is 0 Å². The summed E-state index contributed by atoms with van der Waals surface area (Å²) in [6, 6.07) is -0.441. The van der Waals surface area contributed by atoms with Crippen molar-refractivity contribution >= 4 is 11.8 Å². The van der Waals surface area contributed by atoms with Crippen LogP contribution in [0.2, 0.25) is 0 Å². The van der Waals surface area contributed by atoms with Crippen molar-refractivity contribution in [2.45, 2.75) is 59.5 Å². The zero-order valence-corrected chi connectivity index (χ0v) is 14.9. The van der Waals surface area contributed by atoms with Gasteiger partial charge in [0.2, 0.25) is 0 Å². The lowest BCUT2D eigenvalue weighted by atomic mass is 10.1. The molecule has 2 amide bonds. The molecule has 6 heteroatoms. The van der Waals surface area contributed by atoms with Crippen molar-refractivity contribution in [1.82, 2.24) is 9.80 Å². The van der Waals surface area contributed by atoms with Gasteiger partial charge in [-0.05, 0) is 54.0 Å². The van der Waals surface area contributed by atoms with Gasteiger partial charge in [-0.1, -0.05) is 6.58 Å². The average molecular weight is 330 g/mol. The molecule has 0 fully saturated rings. The molecular weight excluding hydrogens is 302 g/mol. The Morgan fingerprint density at radius 2 is 1.65 bits per heavy atom. The number of likely N-dealkylation sites (N-methyl/N-ethyl adjacent to an activating group) is 2. The van der Waals surface area contributed by atoms with Crippen molar-refractivity contribution in [2.75, 3.05) is 13.1 Å². The van der Waals surface area contributed by atoms with Crippen LogP contribution in [0, 0.1) is 0 Å². The fraction of sp³-hybridized carbons (Fsp3) is 0.647. The minimum atomic E-state index is -1.05. The molecule has 0 aromatic heterocycles. The molecule has 0 saturated carbocycles. The summed E-state index contributed by atoms with van der Waals surface area (Å²) in [4.78, 5) is 26.5. The fourth-order valence-electron chi connectivity index (χ4n) is 2.35. The van der Waals surface area contributed by atoms with Crippen LogP contribution in [0.4, 0.5) is 8.78 Å². The van der Waals surface area contributed by atoms with Crippen LogP contribution < -0.4 is 0 Å². The zero-order chi connectivity index (χ0) is 18.4. The number of nitrogens with zero attached hydrogens (tertiary/aromatic N) is 2. The molecule has 23 heavy (non-hydrogen) atoms. The van der Waals surface area contributed by atoms with Crippen molar-refractivity contribution in [1.29, 1.82) is 0 Å². The highest BCUT2D eigenvalue weighted by Gasteiger charge is 2.28. The first kappa shape index (κ1) is 21.3. The largest absolute Gasteiger partial charge is 0.334 e. The number of carbonyl (C=O) groups excluding carboxylic acids is 2. The Balaban J connectivity index is 5.03. The number of halogens is 2. The fourth-order valence-corrected chi connectivity index (χ4v) is 2.35. The van der Waals surface area contributed by atoms with E-state index in [0.29, 0.717) is 6.54 Å². The zero-order valence-electron chi connectivity index (χ0n) is 14.9. The Hall–Kier alpha value is -1.72. The molecule has 1 atom stereocenters. The minimum absolute atomic E-state index is 0.117. The van der Waals surface area contributed by atoms with Crippen LogP contribution in [-0.4, -0.2) is 46.3 Å². The number of amides is 2. The molecule has 0 N–H and O–H groups in total. The molecule has 0 rings (SSSR count). The molecule has 132 valence electrons.